The molecule has 0 saturated carbocycles. The van der Waals surface area contributed by atoms with Gasteiger partial charge in [-0.25, -0.2) is 4.79 Å². The van der Waals surface area contributed by atoms with E-state index in [2.05, 4.69) is 10.3 Å². The molecule has 0 saturated heterocycles. The molecule has 4 aromatic rings. The fourth-order valence-corrected chi connectivity index (χ4v) is 4.44. The van der Waals surface area contributed by atoms with Crippen LogP contribution >= 0.6 is 0 Å². The lowest BCUT2D eigenvalue weighted by Gasteiger charge is -2.34. The second-order valence-electron chi connectivity index (χ2n) is 11.0. The fraction of sp³-hybridized carbons (Fsp3) is 0.303. The van der Waals surface area contributed by atoms with E-state index in [1.54, 1.807) is 57.3 Å². The van der Waals surface area contributed by atoms with E-state index in [1.165, 1.54) is 4.90 Å². The number of nitrogens with one attached hydrogen (secondary N) is 1. The number of carbonyl (C=O) groups excluding carboxylic acids is 2. The highest BCUT2D eigenvalue weighted by Crippen LogP contribution is 2.20. The van der Waals surface area contributed by atoms with Gasteiger partial charge in [-0.15, -0.1) is 0 Å². The van der Waals surface area contributed by atoms with E-state index >= 15 is 0 Å². The summed E-state index contributed by atoms with van der Waals surface area (Å²) in [6.45, 7) is 4.79. The predicted octanol–water partition coefficient (Wildman–Crippen LogP) is 5.07. The van der Waals surface area contributed by atoms with Crippen LogP contribution in [0, 0.1) is 0 Å². The molecule has 0 aliphatic rings. The molecule has 4 rings (SSSR count). The third-order valence-corrected chi connectivity index (χ3v) is 6.43. The molecule has 3 N–H and O–H groups in total. The number of fused-ring (bicyclic) bond motifs is 1. The van der Waals surface area contributed by atoms with Crippen molar-refractivity contribution in [3.8, 4) is 5.75 Å². The van der Waals surface area contributed by atoms with E-state index in [0.717, 1.165) is 10.9 Å². The number of aliphatic hydroxyl groups excluding tert-OH is 2. The highest BCUT2D eigenvalue weighted by molar-refractivity contribution is 6.11. The van der Waals surface area contributed by atoms with Gasteiger partial charge >= 0.3 is 6.09 Å². The van der Waals surface area contributed by atoms with Crippen LogP contribution < -0.4 is 10.1 Å². The van der Waals surface area contributed by atoms with Crippen LogP contribution in [0.5, 0.6) is 5.75 Å². The Morgan fingerprint density at radius 1 is 0.952 bits per heavy atom. The summed E-state index contributed by atoms with van der Waals surface area (Å²) in [5, 5.41) is 24.8. The molecule has 0 radical (unpaired) electrons. The average Bonchev–Trinajstić information content (AvgIpc) is 2.98. The number of anilines is 1. The van der Waals surface area contributed by atoms with Gasteiger partial charge in [0.05, 0.1) is 30.3 Å². The number of aromatic nitrogens is 1. The zero-order valence-corrected chi connectivity index (χ0v) is 24.1. The van der Waals surface area contributed by atoms with E-state index in [9.17, 15) is 19.8 Å². The molecule has 0 spiro atoms. The van der Waals surface area contributed by atoms with Crippen LogP contribution in [0.1, 0.15) is 36.7 Å². The summed E-state index contributed by atoms with van der Waals surface area (Å²) in [4.78, 5) is 31.8. The number of hydrogen-bond donors (Lipinski definition) is 3. The van der Waals surface area contributed by atoms with Crippen molar-refractivity contribution in [1.29, 1.82) is 0 Å². The Morgan fingerprint density at radius 3 is 2.36 bits per heavy atom. The van der Waals surface area contributed by atoms with Gasteiger partial charge in [0.25, 0.3) is 5.91 Å². The van der Waals surface area contributed by atoms with Crippen LogP contribution in [-0.4, -0.2) is 69.6 Å². The van der Waals surface area contributed by atoms with Gasteiger partial charge in [-0.2, -0.15) is 0 Å². The van der Waals surface area contributed by atoms with Gasteiger partial charge in [0.1, 0.15) is 24.1 Å². The maximum Gasteiger partial charge on any atom is 0.410 e. The van der Waals surface area contributed by atoms with Crippen LogP contribution in [0.15, 0.2) is 91.1 Å². The molecular weight excluding hydrogens is 534 g/mol. The van der Waals surface area contributed by atoms with E-state index < -0.39 is 23.8 Å². The minimum Gasteiger partial charge on any atom is -0.491 e. The van der Waals surface area contributed by atoms with Crippen molar-refractivity contribution in [3.63, 3.8) is 0 Å². The summed E-state index contributed by atoms with van der Waals surface area (Å²) in [7, 11) is 0. The largest absolute Gasteiger partial charge is 0.491 e. The van der Waals surface area contributed by atoms with Gasteiger partial charge in [-0.3, -0.25) is 14.7 Å². The van der Waals surface area contributed by atoms with Crippen molar-refractivity contribution in [2.75, 3.05) is 25.1 Å². The minimum atomic E-state index is -1.02. The molecule has 0 fully saturated rings. The van der Waals surface area contributed by atoms with Crippen molar-refractivity contribution in [2.45, 2.75) is 44.9 Å². The Balaban J connectivity index is 1.43. The second-order valence-corrected chi connectivity index (χ2v) is 11.0. The summed E-state index contributed by atoms with van der Waals surface area (Å²) in [5.74, 6) is 0.325. The summed E-state index contributed by atoms with van der Waals surface area (Å²) in [5.41, 5.74) is 1.75. The molecule has 0 aliphatic carbocycles. The summed E-state index contributed by atoms with van der Waals surface area (Å²) in [6, 6.07) is 24.8. The number of nitrogens with zero attached hydrogens (tertiary/aromatic N) is 2. The molecule has 9 nitrogen and oxygen atoms in total. The number of pyridine rings is 1. The number of carbonyl (C=O) groups is 2. The highest BCUT2D eigenvalue weighted by Gasteiger charge is 2.30. The number of benzene rings is 3. The molecule has 220 valence electrons. The molecular formula is C33H37N3O6. The Kier molecular flexibility index (Phi) is 10.1. The molecule has 1 heterocycles. The first-order valence-electron chi connectivity index (χ1n) is 13.8. The third-order valence-electron chi connectivity index (χ3n) is 6.43. The zero-order valence-electron chi connectivity index (χ0n) is 24.1. The molecule has 0 bridgehead atoms. The lowest BCUT2D eigenvalue weighted by atomic mass is 10.0. The predicted molar refractivity (Wildman–Crippen MR) is 162 cm³/mol. The van der Waals surface area contributed by atoms with Crippen molar-refractivity contribution >= 4 is 28.6 Å². The highest BCUT2D eigenvalue weighted by atomic mass is 16.6. The van der Waals surface area contributed by atoms with Crippen LogP contribution in [0.3, 0.4) is 0 Å². The maximum absolute atomic E-state index is 13.2. The first-order valence-corrected chi connectivity index (χ1v) is 13.8. The van der Waals surface area contributed by atoms with E-state index in [1.807, 2.05) is 54.6 Å². The molecule has 0 aliphatic heterocycles. The zero-order chi connectivity index (χ0) is 30.1. The van der Waals surface area contributed by atoms with Crippen LogP contribution in [0.2, 0.25) is 0 Å². The van der Waals surface area contributed by atoms with Gasteiger partial charge < -0.3 is 25.0 Å². The second kappa shape index (κ2) is 13.9. The van der Waals surface area contributed by atoms with Gasteiger partial charge in [0, 0.05) is 17.3 Å². The van der Waals surface area contributed by atoms with Crippen molar-refractivity contribution in [3.05, 3.63) is 102 Å². The minimum absolute atomic E-state index is 0.0396. The molecule has 1 aromatic heterocycles. The summed E-state index contributed by atoms with van der Waals surface area (Å²) in [6.07, 6.45) is 0.283. The number of rotatable bonds is 11. The number of amides is 2. The van der Waals surface area contributed by atoms with Crippen LogP contribution in [-0.2, 0) is 11.2 Å². The molecule has 3 aromatic carbocycles. The lowest BCUT2D eigenvalue weighted by molar-refractivity contribution is -0.00891. The first kappa shape index (κ1) is 30.5. The molecule has 9 heteroatoms. The van der Waals surface area contributed by atoms with Crippen molar-refractivity contribution in [1.82, 2.24) is 9.88 Å². The van der Waals surface area contributed by atoms with Gasteiger partial charge in [-0.05, 0) is 69.2 Å². The van der Waals surface area contributed by atoms with Crippen molar-refractivity contribution < 1.29 is 29.3 Å². The molecule has 42 heavy (non-hydrogen) atoms. The third kappa shape index (κ3) is 8.52. The standard InChI is InChI=1S/C33H37N3O6/c1-33(2,3)42-32(40)36(20-27(38)22-41-28-11-5-4-6-12-28)26(21-37)19-23-14-16-25(17-15-23)35-31(39)29-13-7-9-24-10-8-18-34-30(24)29/h4-18,26-27,37-38H,19-22H2,1-3H3,(H,35,39)/t26-,27?/m0/s1. The molecule has 1 unspecified atom stereocenters. The van der Waals surface area contributed by atoms with E-state index in [4.69, 9.17) is 9.47 Å². The normalized spacial score (nSPS) is 12.8. The number of ether oxygens (including phenoxy) is 2. The van der Waals surface area contributed by atoms with E-state index in [-0.39, 0.29) is 25.7 Å². The van der Waals surface area contributed by atoms with Crippen LogP contribution in [0.4, 0.5) is 10.5 Å². The quantitative estimate of drug-likeness (QED) is 0.230. The van der Waals surface area contributed by atoms with Gasteiger partial charge in [0.15, 0.2) is 0 Å². The average molecular weight is 572 g/mol. The smallest absolute Gasteiger partial charge is 0.410 e. The Hall–Kier alpha value is -4.47. The Bertz CT molecular complexity index is 1470. The fourth-order valence-electron chi connectivity index (χ4n) is 4.44. The van der Waals surface area contributed by atoms with E-state index in [0.29, 0.717) is 28.9 Å². The first-order chi connectivity index (χ1) is 20.1. The topological polar surface area (TPSA) is 121 Å². The maximum atomic E-state index is 13.2. The molecule has 2 atom stereocenters. The lowest BCUT2D eigenvalue weighted by Crippen LogP contribution is -2.50. The Morgan fingerprint density at radius 2 is 1.67 bits per heavy atom. The number of hydrogen-bond acceptors (Lipinski definition) is 7. The monoisotopic (exact) mass is 571 g/mol. The summed E-state index contributed by atoms with van der Waals surface area (Å²) < 4.78 is 11.2. The van der Waals surface area contributed by atoms with Crippen LogP contribution in [0.25, 0.3) is 10.9 Å². The Labute approximate surface area is 245 Å². The molecule has 2 amide bonds. The number of aliphatic hydroxyl groups is 2. The summed E-state index contributed by atoms with van der Waals surface area (Å²) >= 11 is 0. The van der Waals surface area contributed by atoms with Gasteiger partial charge in [-0.1, -0.05) is 48.5 Å². The van der Waals surface area contributed by atoms with Gasteiger partial charge in [0.2, 0.25) is 0 Å². The SMILES string of the molecule is CC(C)(C)OC(=O)N(CC(O)COc1ccccc1)[C@H](CO)Cc1ccc(NC(=O)c2cccc3cccnc23)cc1. The van der Waals surface area contributed by atoms with Crippen molar-refractivity contribution in [2.24, 2.45) is 0 Å². The number of para-hydroxylation sites is 2.